The van der Waals surface area contributed by atoms with E-state index in [9.17, 15) is 4.21 Å². The lowest BCUT2D eigenvalue weighted by atomic mass is 10.2. The van der Waals surface area contributed by atoms with Gasteiger partial charge in [0.25, 0.3) is 0 Å². The molecule has 0 bridgehead atoms. The molecule has 4 heteroatoms. The summed E-state index contributed by atoms with van der Waals surface area (Å²) in [5, 5.41) is 0. The van der Waals surface area contributed by atoms with E-state index in [1.165, 1.54) is 5.56 Å². The zero-order valence-electron chi connectivity index (χ0n) is 11.7. The first-order chi connectivity index (χ1) is 9.11. The number of hydrogen-bond donors (Lipinski definition) is 0. The second-order valence-electron chi connectivity index (χ2n) is 4.77. The summed E-state index contributed by atoms with van der Waals surface area (Å²) in [6.45, 7) is 7.08. The van der Waals surface area contributed by atoms with Gasteiger partial charge in [0.2, 0.25) is 0 Å². The van der Waals surface area contributed by atoms with Crippen molar-refractivity contribution in [1.29, 1.82) is 0 Å². The highest BCUT2D eigenvalue weighted by Crippen LogP contribution is 2.16. The summed E-state index contributed by atoms with van der Waals surface area (Å²) in [4.78, 5) is 5.21. The van der Waals surface area contributed by atoms with Crippen LogP contribution in [0.4, 0.5) is 0 Å². The van der Waals surface area contributed by atoms with Crippen LogP contribution in [0.15, 0.2) is 35.5 Å². The second-order valence-corrected chi connectivity index (χ2v) is 6.22. The average molecular weight is 276 g/mol. The SMILES string of the molecule is CCCn1cnc(C)c1C[S@@](=O)c1ccc(C)cc1. The molecule has 0 unspecified atom stereocenters. The Bertz CT molecular complexity index is 572. The van der Waals surface area contributed by atoms with Gasteiger partial charge in [-0.25, -0.2) is 4.98 Å². The van der Waals surface area contributed by atoms with E-state index >= 15 is 0 Å². The third-order valence-corrected chi connectivity index (χ3v) is 4.50. The lowest BCUT2D eigenvalue weighted by Gasteiger charge is -2.08. The number of nitrogens with zero attached hydrogens (tertiary/aromatic N) is 2. The molecule has 1 aromatic heterocycles. The minimum absolute atomic E-state index is 0.537. The van der Waals surface area contributed by atoms with Gasteiger partial charge in [-0.05, 0) is 32.4 Å². The Labute approximate surface area is 117 Å². The maximum atomic E-state index is 12.4. The van der Waals surface area contributed by atoms with Gasteiger partial charge in [0.15, 0.2) is 0 Å². The number of hydrogen-bond acceptors (Lipinski definition) is 2. The van der Waals surface area contributed by atoms with Crippen molar-refractivity contribution in [3.05, 3.63) is 47.5 Å². The van der Waals surface area contributed by atoms with E-state index in [4.69, 9.17) is 0 Å². The largest absolute Gasteiger partial charge is 0.333 e. The Balaban J connectivity index is 2.19. The highest BCUT2D eigenvalue weighted by Gasteiger charge is 2.12. The summed E-state index contributed by atoms with van der Waals surface area (Å²) in [5.41, 5.74) is 3.25. The van der Waals surface area contributed by atoms with E-state index < -0.39 is 10.8 Å². The minimum atomic E-state index is -1.01. The smallest absolute Gasteiger partial charge is 0.0951 e. The van der Waals surface area contributed by atoms with Gasteiger partial charge in [-0.2, -0.15) is 0 Å². The summed E-state index contributed by atoms with van der Waals surface area (Å²) in [6, 6.07) is 7.90. The van der Waals surface area contributed by atoms with Crippen LogP contribution in [0.1, 0.15) is 30.3 Å². The maximum Gasteiger partial charge on any atom is 0.0951 e. The molecule has 3 nitrogen and oxygen atoms in total. The monoisotopic (exact) mass is 276 g/mol. The Hall–Kier alpha value is -1.42. The van der Waals surface area contributed by atoms with E-state index in [1.807, 2.05) is 44.4 Å². The first-order valence-electron chi connectivity index (χ1n) is 6.57. The summed E-state index contributed by atoms with van der Waals surface area (Å²) in [7, 11) is -1.01. The molecule has 0 aliphatic carbocycles. The number of imidazole rings is 1. The van der Waals surface area contributed by atoms with Crippen LogP contribution in [-0.2, 0) is 23.1 Å². The molecule has 0 fully saturated rings. The third kappa shape index (κ3) is 3.32. The van der Waals surface area contributed by atoms with Crippen LogP contribution >= 0.6 is 0 Å². The Morgan fingerprint density at radius 1 is 1.21 bits per heavy atom. The maximum absolute atomic E-state index is 12.4. The Morgan fingerprint density at radius 3 is 2.53 bits per heavy atom. The molecule has 0 radical (unpaired) electrons. The Morgan fingerprint density at radius 2 is 1.89 bits per heavy atom. The van der Waals surface area contributed by atoms with Crippen LogP contribution in [0.3, 0.4) is 0 Å². The number of aromatic nitrogens is 2. The van der Waals surface area contributed by atoms with Crippen LogP contribution in [0.5, 0.6) is 0 Å². The quantitative estimate of drug-likeness (QED) is 0.840. The van der Waals surface area contributed by atoms with Gasteiger partial charge in [-0.1, -0.05) is 24.6 Å². The van der Waals surface area contributed by atoms with Crippen LogP contribution in [0, 0.1) is 13.8 Å². The van der Waals surface area contributed by atoms with Crippen molar-refractivity contribution in [2.75, 3.05) is 0 Å². The highest BCUT2D eigenvalue weighted by atomic mass is 32.2. The Kier molecular flexibility index (Phi) is 4.53. The number of aryl methyl sites for hydroxylation is 3. The number of benzene rings is 1. The van der Waals surface area contributed by atoms with Gasteiger partial charge in [0.1, 0.15) is 0 Å². The first-order valence-corrected chi connectivity index (χ1v) is 7.89. The molecule has 0 amide bonds. The molecular formula is C15H20N2OS. The molecule has 0 aliphatic heterocycles. The van der Waals surface area contributed by atoms with Crippen molar-refractivity contribution in [2.24, 2.45) is 0 Å². The topological polar surface area (TPSA) is 34.9 Å². The summed E-state index contributed by atoms with van der Waals surface area (Å²) < 4.78 is 14.5. The molecule has 2 aromatic rings. The van der Waals surface area contributed by atoms with E-state index in [0.29, 0.717) is 5.75 Å². The van der Waals surface area contributed by atoms with Crippen molar-refractivity contribution in [2.45, 2.75) is 44.4 Å². The van der Waals surface area contributed by atoms with Gasteiger partial charge in [0, 0.05) is 11.4 Å². The molecule has 0 saturated carbocycles. The normalized spacial score (nSPS) is 12.6. The predicted octanol–water partition coefficient (Wildman–Crippen LogP) is 3.22. The second kappa shape index (κ2) is 6.15. The molecule has 0 saturated heterocycles. The lowest BCUT2D eigenvalue weighted by Crippen LogP contribution is -2.06. The van der Waals surface area contributed by atoms with Gasteiger partial charge in [0.05, 0.1) is 34.3 Å². The third-order valence-electron chi connectivity index (χ3n) is 3.17. The molecule has 0 N–H and O–H groups in total. The zero-order valence-corrected chi connectivity index (χ0v) is 12.5. The number of rotatable bonds is 5. The molecule has 1 aromatic carbocycles. The molecule has 2 rings (SSSR count). The van der Waals surface area contributed by atoms with E-state index in [0.717, 1.165) is 29.2 Å². The fraction of sp³-hybridized carbons (Fsp3) is 0.400. The van der Waals surface area contributed by atoms with Crippen LogP contribution in [-0.4, -0.2) is 13.8 Å². The van der Waals surface area contributed by atoms with Gasteiger partial charge in [-0.3, -0.25) is 4.21 Å². The van der Waals surface area contributed by atoms with E-state index in [1.54, 1.807) is 0 Å². The van der Waals surface area contributed by atoms with Crippen molar-refractivity contribution < 1.29 is 4.21 Å². The molecule has 0 aliphatic rings. The molecular weight excluding hydrogens is 256 g/mol. The molecule has 0 spiro atoms. The minimum Gasteiger partial charge on any atom is -0.333 e. The van der Waals surface area contributed by atoms with Crippen molar-refractivity contribution in [3.63, 3.8) is 0 Å². The fourth-order valence-electron chi connectivity index (χ4n) is 2.03. The fourth-order valence-corrected chi connectivity index (χ4v) is 3.26. The zero-order chi connectivity index (χ0) is 13.8. The van der Waals surface area contributed by atoms with Crippen molar-refractivity contribution >= 4 is 10.8 Å². The molecule has 1 heterocycles. The predicted molar refractivity (Wildman–Crippen MR) is 78.5 cm³/mol. The van der Waals surface area contributed by atoms with Gasteiger partial charge >= 0.3 is 0 Å². The first kappa shape index (κ1) is 14.0. The summed E-state index contributed by atoms with van der Waals surface area (Å²) in [5.74, 6) is 0.537. The van der Waals surface area contributed by atoms with Crippen molar-refractivity contribution in [3.8, 4) is 0 Å². The summed E-state index contributed by atoms with van der Waals surface area (Å²) in [6.07, 6.45) is 2.90. The van der Waals surface area contributed by atoms with E-state index in [-0.39, 0.29) is 0 Å². The highest BCUT2D eigenvalue weighted by molar-refractivity contribution is 7.84. The summed E-state index contributed by atoms with van der Waals surface area (Å²) >= 11 is 0. The van der Waals surface area contributed by atoms with Gasteiger partial charge < -0.3 is 4.57 Å². The molecule has 1 atom stereocenters. The molecule has 102 valence electrons. The van der Waals surface area contributed by atoms with Crippen molar-refractivity contribution in [1.82, 2.24) is 9.55 Å². The molecule has 19 heavy (non-hydrogen) atoms. The standard InChI is InChI=1S/C15H20N2OS/c1-4-9-17-11-16-13(3)15(17)10-19(18)14-7-5-12(2)6-8-14/h5-8,11H,4,9-10H2,1-3H3/t19-/m1/s1. The van der Waals surface area contributed by atoms with E-state index in [2.05, 4.69) is 16.5 Å². The lowest BCUT2D eigenvalue weighted by molar-refractivity contribution is 0.651. The van der Waals surface area contributed by atoms with Crippen LogP contribution in [0.2, 0.25) is 0 Å². The van der Waals surface area contributed by atoms with Crippen LogP contribution < -0.4 is 0 Å². The van der Waals surface area contributed by atoms with Gasteiger partial charge in [-0.15, -0.1) is 0 Å². The van der Waals surface area contributed by atoms with Crippen LogP contribution in [0.25, 0.3) is 0 Å². The average Bonchev–Trinajstić information content (AvgIpc) is 2.73.